The van der Waals surface area contributed by atoms with Gasteiger partial charge in [-0.1, -0.05) is 38.1 Å². The molecular weight excluding hydrogens is 470 g/mol. The summed E-state index contributed by atoms with van der Waals surface area (Å²) in [7, 11) is 0. The maximum Gasteiger partial charge on any atom is 0.254 e. The van der Waals surface area contributed by atoms with E-state index in [1.165, 1.54) is 49.9 Å². The summed E-state index contributed by atoms with van der Waals surface area (Å²) in [6.45, 7) is 9.19. The molecule has 3 aliphatic heterocycles. The van der Waals surface area contributed by atoms with Crippen LogP contribution < -0.4 is 5.32 Å². The topological polar surface area (TPSA) is 55.8 Å². The minimum absolute atomic E-state index is 0.00313. The Hall–Kier alpha value is -2.37. The molecule has 2 bridgehead atoms. The number of hydrogen-bond donors (Lipinski definition) is 2. The van der Waals surface area contributed by atoms with Gasteiger partial charge in [0.15, 0.2) is 0 Å². The summed E-state index contributed by atoms with van der Waals surface area (Å²) in [5.41, 5.74) is 3.79. The SMILES string of the molecule is CCC1C2[C@@H](CN1C(=O)c1ccccc1)CC1(C)C3Cc4ccc(O)cc4C21CCN3CCC1CCCN1. The molecule has 0 aromatic heterocycles. The zero-order chi connectivity index (χ0) is 26.1. The van der Waals surface area contributed by atoms with Gasteiger partial charge < -0.3 is 15.3 Å². The monoisotopic (exact) mass is 513 g/mol. The number of carbonyl (C=O) groups is 1. The predicted octanol–water partition coefficient (Wildman–Crippen LogP) is 4.98. The number of nitrogens with zero attached hydrogens (tertiary/aromatic N) is 2. The van der Waals surface area contributed by atoms with Crippen molar-refractivity contribution in [2.24, 2.45) is 17.3 Å². The van der Waals surface area contributed by atoms with Crippen LogP contribution in [0.3, 0.4) is 0 Å². The molecule has 2 aliphatic carbocycles. The van der Waals surface area contributed by atoms with Crippen LogP contribution in [0.1, 0.15) is 73.9 Å². The molecule has 1 saturated carbocycles. The first-order valence-corrected chi connectivity index (χ1v) is 15.1. The molecule has 2 N–H and O–H groups in total. The summed E-state index contributed by atoms with van der Waals surface area (Å²) in [6, 6.07) is 17.5. The zero-order valence-electron chi connectivity index (χ0n) is 23.0. The van der Waals surface area contributed by atoms with E-state index in [1.807, 2.05) is 36.4 Å². The van der Waals surface area contributed by atoms with Crippen LogP contribution in [0.2, 0.25) is 0 Å². The third-order valence-electron chi connectivity index (χ3n) is 11.6. The van der Waals surface area contributed by atoms with Gasteiger partial charge in [-0.15, -0.1) is 0 Å². The summed E-state index contributed by atoms with van der Waals surface area (Å²) in [5, 5.41) is 14.4. The molecule has 6 unspecified atom stereocenters. The summed E-state index contributed by atoms with van der Waals surface area (Å²) < 4.78 is 0. The molecule has 7 rings (SSSR count). The lowest BCUT2D eigenvalue weighted by molar-refractivity contribution is -0.0623. The van der Waals surface area contributed by atoms with E-state index in [0.717, 1.165) is 37.9 Å². The van der Waals surface area contributed by atoms with E-state index >= 15 is 0 Å². The van der Waals surface area contributed by atoms with E-state index in [1.54, 1.807) is 0 Å². The molecule has 38 heavy (non-hydrogen) atoms. The van der Waals surface area contributed by atoms with Crippen molar-refractivity contribution in [1.29, 1.82) is 0 Å². The predicted molar refractivity (Wildman–Crippen MR) is 150 cm³/mol. The molecule has 0 radical (unpaired) electrons. The van der Waals surface area contributed by atoms with E-state index in [0.29, 0.717) is 29.7 Å². The molecule has 1 amide bonds. The number of rotatable bonds is 5. The van der Waals surface area contributed by atoms with E-state index < -0.39 is 0 Å². The maximum absolute atomic E-state index is 13.8. The Bertz CT molecular complexity index is 1210. The zero-order valence-corrected chi connectivity index (χ0v) is 23.0. The van der Waals surface area contributed by atoms with Gasteiger partial charge in [0.1, 0.15) is 5.75 Å². The van der Waals surface area contributed by atoms with Crippen LogP contribution >= 0.6 is 0 Å². The lowest BCUT2D eigenvalue weighted by Gasteiger charge is -2.63. The second kappa shape index (κ2) is 9.09. The van der Waals surface area contributed by atoms with Gasteiger partial charge in [-0.05, 0) is 117 Å². The molecule has 2 aromatic carbocycles. The van der Waals surface area contributed by atoms with Crippen LogP contribution in [-0.4, -0.2) is 65.1 Å². The van der Waals surface area contributed by atoms with Crippen molar-refractivity contribution in [3.63, 3.8) is 0 Å². The van der Waals surface area contributed by atoms with E-state index in [9.17, 15) is 9.90 Å². The average Bonchev–Trinajstić information content (AvgIpc) is 3.63. The average molecular weight is 514 g/mol. The molecule has 3 saturated heterocycles. The van der Waals surface area contributed by atoms with Crippen molar-refractivity contribution in [2.75, 3.05) is 26.2 Å². The summed E-state index contributed by atoms with van der Waals surface area (Å²) in [4.78, 5) is 18.9. The molecule has 5 nitrogen and oxygen atoms in total. The van der Waals surface area contributed by atoms with Crippen molar-refractivity contribution in [1.82, 2.24) is 15.1 Å². The molecule has 5 heteroatoms. The fraction of sp³-hybridized carbons (Fsp3) is 0.606. The Balaban J connectivity index is 1.28. The molecule has 4 fully saturated rings. The minimum atomic E-state index is 0.00313. The highest BCUT2D eigenvalue weighted by molar-refractivity contribution is 5.94. The normalized spacial score (nSPS) is 37.6. The van der Waals surface area contributed by atoms with Gasteiger partial charge in [-0.2, -0.15) is 0 Å². The van der Waals surface area contributed by atoms with Crippen molar-refractivity contribution >= 4 is 5.91 Å². The molecule has 5 aliphatic rings. The van der Waals surface area contributed by atoms with Gasteiger partial charge in [-0.25, -0.2) is 0 Å². The Kier molecular flexibility index (Phi) is 5.90. The quantitative estimate of drug-likeness (QED) is 0.592. The number of benzene rings is 2. The lowest BCUT2D eigenvalue weighted by Crippen LogP contribution is -2.66. The van der Waals surface area contributed by atoms with Gasteiger partial charge in [0.2, 0.25) is 0 Å². The third kappa shape index (κ3) is 3.40. The summed E-state index contributed by atoms with van der Waals surface area (Å²) in [6.07, 6.45) is 8.22. The summed E-state index contributed by atoms with van der Waals surface area (Å²) in [5.74, 6) is 1.52. The highest BCUT2D eigenvalue weighted by Gasteiger charge is 2.72. The number of amides is 1. The molecule has 2 aromatic rings. The van der Waals surface area contributed by atoms with Gasteiger partial charge in [-0.3, -0.25) is 9.69 Å². The highest BCUT2D eigenvalue weighted by Crippen LogP contribution is 2.71. The number of carbonyl (C=O) groups excluding carboxylic acids is 1. The molecule has 3 heterocycles. The summed E-state index contributed by atoms with van der Waals surface area (Å²) >= 11 is 0. The first-order chi connectivity index (χ1) is 18.5. The molecule has 7 atom stereocenters. The van der Waals surface area contributed by atoms with Crippen LogP contribution in [0.25, 0.3) is 0 Å². The van der Waals surface area contributed by atoms with E-state index in [2.05, 4.69) is 41.1 Å². The Morgan fingerprint density at radius 2 is 2.03 bits per heavy atom. The number of piperidine rings is 1. The second-order valence-corrected chi connectivity index (χ2v) is 13.1. The first kappa shape index (κ1) is 24.7. The smallest absolute Gasteiger partial charge is 0.254 e. The molecule has 0 spiro atoms. The minimum Gasteiger partial charge on any atom is -0.508 e. The van der Waals surface area contributed by atoms with Crippen LogP contribution in [0, 0.1) is 17.3 Å². The molecule has 202 valence electrons. The van der Waals surface area contributed by atoms with E-state index in [-0.39, 0.29) is 22.8 Å². The number of nitrogens with one attached hydrogen (secondary N) is 1. The maximum atomic E-state index is 13.8. The number of likely N-dealkylation sites (tertiary alicyclic amines) is 2. The number of hydrogen-bond acceptors (Lipinski definition) is 4. The van der Waals surface area contributed by atoms with Crippen LogP contribution in [0.4, 0.5) is 0 Å². The van der Waals surface area contributed by atoms with Gasteiger partial charge in [0, 0.05) is 35.6 Å². The molecular formula is C33H43N3O2. The highest BCUT2D eigenvalue weighted by atomic mass is 16.3. The van der Waals surface area contributed by atoms with Gasteiger partial charge in [0.05, 0.1) is 0 Å². The number of phenols is 1. The third-order valence-corrected chi connectivity index (χ3v) is 11.6. The van der Waals surface area contributed by atoms with Crippen molar-refractivity contribution in [3.05, 3.63) is 65.2 Å². The fourth-order valence-electron chi connectivity index (χ4n) is 10.2. The van der Waals surface area contributed by atoms with Gasteiger partial charge in [0.25, 0.3) is 5.91 Å². The van der Waals surface area contributed by atoms with Crippen LogP contribution in [0.15, 0.2) is 48.5 Å². The van der Waals surface area contributed by atoms with Crippen molar-refractivity contribution in [3.8, 4) is 5.75 Å². The number of aromatic hydroxyl groups is 1. The number of fused-ring (bicyclic) bond motifs is 2. The lowest BCUT2D eigenvalue weighted by atomic mass is 9.48. The second-order valence-electron chi connectivity index (χ2n) is 13.1. The fourth-order valence-corrected chi connectivity index (χ4v) is 10.2. The number of phenolic OH excluding ortho intramolecular Hbond substituents is 1. The Morgan fingerprint density at radius 1 is 1.18 bits per heavy atom. The first-order valence-electron chi connectivity index (χ1n) is 15.1. The van der Waals surface area contributed by atoms with Crippen LogP contribution in [0.5, 0.6) is 5.75 Å². The Morgan fingerprint density at radius 3 is 2.79 bits per heavy atom. The Labute approximate surface area is 227 Å². The van der Waals surface area contributed by atoms with E-state index in [4.69, 9.17) is 0 Å². The largest absolute Gasteiger partial charge is 0.508 e. The van der Waals surface area contributed by atoms with Crippen molar-refractivity contribution in [2.45, 2.75) is 82.3 Å². The van der Waals surface area contributed by atoms with Gasteiger partial charge >= 0.3 is 0 Å². The van der Waals surface area contributed by atoms with Crippen molar-refractivity contribution < 1.29 is 9.90 Å². The van der Waals surface area contributed by atoms with Crippen LogP contribution in [-0.2, 0) is 11.8 Å². The standard InChI is InChI=1S/C33H43N3O2/c1-3-28-30-24(21-36(28)31(38)22-8-5-4-6-9-22)20-32(2)29-18-23-11-12-26(37)19-27(23)33(30,32)14-17-35(29)16-13-25-10-7-15-34-25/h4-6,8-9,11-12,19,24-25,28-30,34,37H,3,7,10,13-18,20-21H2,1-2H3/t24-,25?,28?,29?,30?,32?,33?/m1/s1.